The van der Waals surface area contributed by atoms with Gasteiger partial charge in [0.15, 0.2) is 0 Å². The Morgan fingerprint density at radius 3 is 2.40 bits per heavy atom. The van der Waals surface area contributed by atoms with Crippen molar-refractivity contribution in [2.45, 2.75) is 0 Å². The van der Waals surface area contributed by atoms with Crippen molar-refractivity contribution >= 4 is 85.9 Å². The molecule has 4 rings (SSSR count). The number of carbonyl (C=O) groups excluding carboxylic acids is 3. The zero-order valence-electron chi connectivity index (χ0n) is 17.6. The number of thiophene rings is 1. The van der Waals surface area contributed by atoms with Gasteiger partial charge in [-0.25, -0.2) is 10.2 Å². The maximum Gasteiger partial charge on any atom is 0.355 e. The lowest BCUT2D eigenvalue weighted by Crippen LogP contribution is -2.32. The van der Waals surface area contributed by atoms with Gasteiger partial charge in [-0.3, -0.25) is 9.59 Å². The first-order valence-corrected chi connectivity index (χ1v) is 11.9. The molecule has 11 heteroatoms. The van der Waals surface area contributed by atoms with E-state index < -0.39 is 17.8 Å². The Hall–Kier alpha value is -3.43. The van der Waals surface area contributed by atoms with E-state index >= 15 is 0 Å². The van der Waals surface area contributed by atoms with Gasteiger partial charge in [0.05, 0.1) is 21.9 Å². The Kier molecular flexibility index (Phi) is 7.67. The van der Waals surface area contributed by atoms with Crippen molar-refractivity contribution in [3.05, 3.63) is 92.2 Å². The molecular weight excluding hydrogens is 533 g/mol. The summed E-state index contributed by atoms with van der Waals surface area (Å²) < 4.78 is 6.31. The second-order valence-corrected chi connectivity index (χ2v) is 9.25. The van der Waals surface area contributed by atoms with Gasteiger partial charge in [0.2, 0.25) is 0 Å². The summed E-state index contributed by atoms with van der Waals surface area (Å²) in [5.74, 6) is -2.21. The molecule has 1 aromatic heterocycles. The number of hydrogen-bond acceptors (Lipinski definition) is 6. The van der Waals surface area contributed by atoms with Crippen LogP contribution in [0.15, 0.2) is 71.8 Å². The second kappa shape index (κ2) is 10.9. The fourth-order valence-electron chi connectivity index (χ4n) is 2.91. The fraction of sp³-hybridized carbons (Fsp3) is 0. The summed E-state index contributed by atoms with van der Waals surface area (Å²) in [6.45, 7) is 0. The van der Waals surface area contributed by atoms with Crippen molar-refractivity contribution < 1.29 is 19.1 Å². The van der Waals surface area contributed by atoms with Crippen LogP contribution in [-0.4, -0.2) is 24.0 Å². The van der Waals surface area contributed by atoms with Crippen molar-refractivity contribution in [3.63, 3.8) is 0 Å². The van der Waals surface area contributed by atoms with Gasteiger partial charge in [-0.1, -0.05) is 53.0 Å². The molecule has 0 aliphatic carbocycles. The summed E-state index contributed by atoms with van der Waals surface area (Å²) in [5, 5.41) is 7.84. The maximum atomic E-state index is 12.5. The number of nitrogens with zero attached hydrogens (tertiary/aromatic N) is 1. The minimum absolute atomic E-state index is 0.199. The number of esters is 1. The predicted octanol–water partition coefficient (Wildman–Crippen LogP) is 6.17. The Morgan fingerprint density at radius 2 is 1.66 bits per heavy atom. The number of benzene rings is 3. The molecule has 0 atom stereocenters. The van der Waals surface area contributed by atoms with Crippen LogP contribution in [0.5, 0.6) is 5.75 Å². The van der Waals surface area contributed by atoms with Crippen molar-refractivity contribution in [2.75, 3.05) is 5.32 Å². The van der Waals surface area contributed by atoms with Gasteiger partial charge in [0, 0.05) is 15.1 Å². The van der Waals surface area contributed by atoms with Crippen LogP contribution in [0.25, 0.3) is 10.1 Å². The van der Waals surface area contributed by atoms with Crippen LogP contribution in [0.4, 0.5) is 5.69 Å². The molecule has 0 aliphatic heterocycles. The third-order valence-electron chi connectivity index (χ3n) is 4.57. The second-order valence-electron chi connectivity index (χ2n) is 6.98. The summed E-state index contributed by atoms with van der Waals surface area (Å²) in [5.41, 5.74) is 2.90. The third kappa shape index (κ3) is 5.98. The van der Waals surface area contributed by atoms with E-state index in [9.17, 15) is 14.4 Å². The van der Waals surface area contributed by atoms with Gasteiger partial charge in [0.1, 0.15) is 10.6 Å². The highest BCUT2D eigenvalue weighted by atomic mass is 35.5. The lowest BCUT2D eigenvalue weighted by Gasteiger charge is -2.06. The first kappa shape index (κ1) is 24.7. The van der Waals surface area contributed by atoms with E-state index in [1.165, 1.54) is 29.7 Å². The molecule has 0 radical (unpaired) electrons. The summed E-state index contributed by atoms with van der Waals surface area (Å²) in [7, 11) is 0. The molecule has 1 heterocycles. The van der Waals surface area contributed by atoms with Crippen molar-refractivity contribution in [3.8, 4) is 5.75 Å². The Balaban J connectivity index is 1.33. The highest BCUT2D eigenvalue weighted by molar-refractivity contribution is 7.21. The van der Waals surface area contributed by atoms with Crippen LogP contribution >= 0.6 is 46.1 Å². The fourth-order valence-corrected chi connectivity index (χ4v) is 4.63. The standard InChI is InChI=1S/C24H14Cl3N3O4S/c25-14-7-10-17(26)18(11-14)29-22(31)23(32)30-28-12-13-5-8-15(9-6-13)34-24(33)21-20(27)16-3-1-2-4-19(16)35-21/h1-12H,(H,29,31)(H,30,32). The molecule has 0 unspecified atom stereocenters. The lowest BCUT2D eigenvalue weighted by atomic mass is 10.2. The van der Waals surface area contributed by atoms with E-state index in [4.69, 9.17) is 39.5 Å². The van der Waals surface area contributed by atoms with Crippen molar-refractivity contribution in [1.29, 1.82) is 0 Å². The minimum Gasteiger partial charge on any atom is -0.422 e. The van der Waals surface area contributed by atoms with Gasteiger partial charge < -0.3 is 10.1 Å². The summed E-state index contributed by atoms with van der Waals surface area (Å²) in [6, 6.07) is 18.3. The number of fused-ring (bicyclic) bond motifs is 1. The number of nitrogens with one attached hydrogen (secondary N) is 2. The van der Waals surface area contributed by atoms with Crippen LogP contribution in [0.1, 0.15) is 15.2 Å². The molecular formula is C24H14Cl3N3O4S. The van der Waals surface area contributed by atoms with E-state index in [0.29, 0.717) is 26.2 Å². The van der Waals surface area contributed by atoms with E-state index in [-0.39, 0.29) is 10.7 Å². The zero-order chi connectivity index (χ0) is 24.9. The molecule has 0 saturated heterocycles. The molecule has 0 bridgehead atoms. The minimum atomic E-state index is -0.997. The van der Waals surface area contributed by atoms with Crippen LogP contribution in [0, 0.1) is 0 Å². The molecule has 0 aliphatic rings. The van der Waals surface area contributed by atoms with Gasteiger partial charge in [0.25, 0.3) is 0 Å². The molecule has 3 aromatic carbocycles. The number of ether oxygens (including phenoxy) is 1. The van der Waals surface area contributed by atoms with E-state index in [1.807, 2.05) is 24.3 Å². The third-order valence-corrected chi connectivity index (χ3v) is 6.79. The summed E-state index contributed by atoms with van der Waals surface area (Å²) in [4.78, 5) is 36.8. The largest absolute Gasteiger partial charge is 0.422 e. The normalized spacial score (nSPS) is 10.9. The van der Waals surface area contributed by atoms with E-state index in [0.717, 1.165) is 10.1 Å². The zero-order valence-corrected chi connectivity index (χ0v) is 20.6. The van der Waals surface area contributed by atoms with Gasteiger partial charge >= 0.3 is 17.8 Å². The highest BCUT2D eigenvalue weighted by Crippen LogP contribution is 2.35. The van der Waals surface area contributed by atoms with Crippen LogP contribution in [0.3, 0.4) is 0 Å². The molecule has 0 fully saturated rings. The molecule has 0 saturated carbocycles. The highest BCUT2D eigenvalue weighted by Gasteiger charge is 2.19. The van der Waals surface area contributed by atoms with Crippen molar-refractivity contribution in [2.24, 2.45) is 5.10 Å². The average Bonchev–Trinajstić information content (AvgIpc) is 3.19. The SMILES string of the molecule is O=C(NN=Cc1ccc(OC(=O)c2sc3ccccc3c2Cl)cc1)C(=O)Nc1cc(Cl)ccc1Cl. The Morgan fingerprint density at radius 1 is 0.914 bits per heavy atom. The molecule has 2 N–H and O–H groups in total. The van der Waals surface area contributed by atoms with Gasteiger partial charge in [-0.05, 0) is 54.1 Å². The topological polar surface area (TPSA) is 96.9 Å². The Bertz CT molecular complexity index is 1470. The van der Waals surface area contributed by atoms with Crippen LogP contribution in [0.2, 0.25) is 15.1 Å². The van der Waals surface area contributed by atoms with Crippen LogP contribution in [-0.2, 0) is 9.59 Å². The van der Waals surface area contributed by atoms with E-state index in [1.54, 1.807) is 30.3 Å². The number of amides is 2. The van der Waals surface area contributed by atoms with Crippen LogP contribution < -0.4 is 15.5 Å². The first-order chi connectivity index (χ1) is 16.8. The smallest absolute Gasteiger partial charge is 0.355 e. The average molecular weight is 547 g/mol. The number of hydrazone groups is 1. The molecule has 7 nitrogen and oxygen atoms in total. The number of hydrogen-bond donors (Lipinski definition) is 2. The first-order valence-electron chi connectivity index (χ1n) is 9.90. The van der Waals surface area contributed by atoms with E-state index in [2.05, 4.69) is 15.8 Å². The lowest BCUT2D eigenvalue weighted by molar-refractivity contribution is -0.136. The van der Waals surface area contributed by atoms with Crippen molar-refractivity contribution in [1.82, 2.24) is 5.43 Å². The molecule has 0 spiro atoms. The molecule has 176 valence electrons. The number of anilines is 1. The number of rotatable bonds is 5. The quantitative estimate of drug-likeness (QED) is 0.103. The predicted molar refractivity (Wildman–Crippen MR) is 139 cm³/mol. The number of halogens is 3. The van der Waals surface area contributed by atoms with Gasteiger partial charge in [-0.15, -0.1) is 11.3 Å². The molecule has 4 aromatic rings. The van der Waals surface area contributed by atoms with Gasteiger partial charge in [-0.2, -0.15) is 5.10 Å². The molecule has 35 heavy (non-hydrogen) atoms. The number of carbonyl (C=O) groups is 3. The monoisotopic (exact) mass is 545 g/mol. The maximum absolute atomic E-state index is 12.5. The summed E-state index contributed by atoms with van der Waals surface area (Å²) >= 11 is 19.4. The molecule has 2 amide bonds. The summed E-state index contributed by atoms with van der Waals surface area (Å²) in [6.07, 6.45) is 1.33. The Labute approximate surface area is 218 Å².